The van der Waals surface area contributed by atoms with Crippen molar-refractivity contribution < 1.29 is 9.47 Å². The van der Waals surface area contributed by atoms with Gasteiger partial charge in [0.2, 0.25) is 0 Å². The maximum Gasteiger partial charge on any atom is 0.128 e. The zero-order valence-corrected chi connectivity index (χ0v) is 12.4. The van der Waals surface area contributed by atoms with Crippen molar-refractivity contribution >= 4 is 22.4 Å². The summed E-state index contributed by atoms with van der Waals surface area (Å²) in [6.45, 7) is 0. The van der Waals surface area contributed by atoms with Gasteiger partial charge in [-0.05, 0) is 19.2 Å². The van der Waals surface area contributed by atoms with E-state index in [0.29, 0.717) is 6.04 Å². The molecule has 106 valence electrons. The van der Waals surface area contributed by atoms with Gasteiger partial charge >= 0.3 is 0 Å². The first-order valence-corrected chi connectivity index (χ1v) is 7.16. The molecule has 1 aliphatic rings. The van der Waals surface area contributed by atoms with Crippen molar-refractivity contribution in [2.75, 3.05) is 14.2 Å². The fourth-order valence-corrected chi connectivity index (χ4v) is 3.02. The summed E-state index contributed by atoms with van der Waals surface area (Å²) in [6.07, 6.45) is 1.13. The molecule has 3 rings (SSSR count). The Kier molecular flexibility index (Phi) is 3.83. The molecule has 1 N–H and O–H groups in total. The Balaban J connectivity index is 1.87. The van der Waals surface area contributed by atoms with Gasteiger partial charge in [-0.1, -0.05) is 35.9 Å². The summed E-state index contributed by atoms with van der Waals surface area (Å²) in [4.78, 5) is 0. The van der Waals surface area contributed by atoms with Gasteiger partial charge in [0, 0.05) is 35.4 Å². The summed E-state index contributed by atoms with van der Waals surface area (Å²) in [6, 6.07) is 12.2. The highest BCUT2D eigenvalue weighted by Gasteiger charge is 2.42. The number of halogens is 1. The van der Waals surface area contributed by atoms with Gasteiger partial charge in [-0.25, -0.2) is 0 Å². The summed E-state index contributed by atoms with van der Waals surface area (Å²) in [5.74, 6) is 0.867. The van der Waals surface area contributed by atoms with Crippen LogP contribution in [0.4, 0.5) is 0 Å². The van der Waals surface area contributed by atoms with E-state index in [9.17, 15) is 0 Å². The zero-order valence-electron chi connectivity index (χ0n) is 11.6. The highest BCUT2D eigenvalue weighted by atomic mass is 35.5. The van der Waals surface area contributed by atoms with E-state index in [1.54, 1.807) is 7.11 Å². The molecular formula is C16H18ClNO2. The van der Waals surface area contributed by atoms with E-state index in [-0.39, 0.29) is 12.2 Å². The summed E-state index contributed by atoms with van der Waals surface area (Å²) < 4.78 is 11.6. The van der Waals surface area contributed by atoms with Crippen molar-refractivity contribution in [1.29, 1.82) is 0 Å². The molecule has 0 aromatic heterocycles. The van der Waals surface area contributed by atoms with E-state index in [0.717, 1.165) is 28.0 Å². The lowest BCUT2D eigenvalue weighted by Gasteiger charge is -2.43. The minimum Gasteiger partial charge on any atom is -0.487 e. The van der Waals surface area contributed by atoms with Gasteiger partial charge in [0.05, 0.1) is 0 Å². The van der Waals surface area contributed by atoms with Crippen LogP contribution in [0.15, 0.2) is 36.4 Å². The molecule has 2 aromatic carbocycles. The number of likely N-dealkylation sites (N-methyl/N-ethyl adjacent to an activating group) is 1. The van der Waals surface area contributed by atoms with Crippen molar-refractivity contribution in [1.82, 2.24) is 5.32 Å². The number of nitrogens with one attached hydrogen (secondary N) is 1. The molecule has 3 unspecified atom stereocenters. The van der Waals surface area contributed by atoms with E-state index >= 15 is 0 Å². The van der Waals surface area contributed by atoms with E-state index in [4.69, 9.17) is 21.1 Å². The van der Waals surface area contributed by atoms with E-state index in [2.05, 4.69) is 5.32 Å². The molecule has 3 atom stereocenters. The fourth-order valence-electron chi connectivity index (χ4n) is 2.80. The smallest absolute Gasteiger partial charge is 0.128 e. The van der Waals surface area contributed by atoms with Gasteiger partial charge in [-0.15, -0.1) is 0 Å². The molecule has 0 saturated heterocycles. The van der Waals surface area contributed by atoms with Crippen LogP contribution in [-0.2, 0) is 4.74 Å². The number of benzene rings is 2. The van der Waals surface area contributed by atoms with Crippen LogP contribution in [0.5, 0.6) is 5.75 Å². The summed E-state index contributed by atoms with van der Waals surface area (Å²) in [5.41, 5.74) is 0. The predicted molar refractivity (Wildman–Crippen MR) is 81.6 cm³/mol. The van der Waals surface area contributed by atoms with E-state index in [1.807, 2.05) is 43.4 Å². The van der Waals surface area contributed by atoms with E-state index < -0.39 is 0 Å². The fraction of sp³-hybridized carbons (Fsp3) is 0.375. The van der Waals surface area contributed by atoms with Crippen LogP contribution in [0, 0.1) is 0 Å². The lowest BCUT2D eigenvalue weighted by atomic mass is 9.85. The molecule has 1 saturated carbocycles. The van der Waals surface area contributed by atoms with E-state index in [1.165, 1.54) is 0 Å². The van der Waals surface area contributed by atoms with Gasteiger partial charge < -0.3 is 14.8 Å². The maximum absolute atomic E-state index is 6.22. The lowest BCUT2D eigenvalue weighted by Crippen LogP contribution is -2.60. The first-order chi connectivity index (χ1) is 9.74. The third kappa shape index (κ3) is 2.26. The first-order valence-electron chi connectivity index (χ1n) is 6.78. The van der Waals surface area contributed by atoms with Crippen LogP contribution >= 0.6 is 11.6 Å². The molecule has 3 nitrogen and oxygen atoms in total. The third-order valence-electron chi connectivity index (χ3n) is 4.00. The zero-order chi connectivity index (χ0) is 14.1. The standard InChI is InChI=1S/C16H18ClNO2/c1-18-13-9-15(16(13)19-2)20-14-8-7-12(17)10-5-3-4-6-11(10)14/h3-8,13,15-16,18H,9H2,1-2H3. The van der Waals surface area contributed by atoms with Crippen molar-refractivity contribution in [3.8, 4) is 5.75 Å². The van der Waals surface area contributed by atoms with Crippen LogP contribution < -0.4 is 10.1 Å². The van der Waals surface area contributed by atoms with Crippen LogP contribution in [0.1, 0.15) is 6.42 Å². The quantitative estimate of drug-likeness (QED) is 0.938. The number of hydrogen-bond donors (Lipinski definition) is 1. The Morgan fingerprint density at radius 1 is 1.15 bits per heavy atom. The Morgan fingerprint density at radius 2 is 1.90 bits per heavy atom. The maximum atomic E-state index is 6.22. The molecule has 0 aliphatic heterocycles. The minimum atomic E-state index is 0.0852. The van der Waals surface area contributed by atoms with Gasteiger partial charge in [-0.2, -0.15) is 0 Å². The van der Waals surface area contributed by atoms with Crippen LogP contribution in [0.3, 0.4) is 0 Å². The van der Waals surface area contributed by atoms with Crippen molar-refractivity contribution in [3.05, 3.63) is 41.4 Å². The Morgan fingerprint density at radius 3 is 2.60 bits per heavy atom. The third-order valence-corrected chi connectivity index (χ3v) is 4.33. The summed E-state index contributed by atoms with van der Waals surface area (Å²) >= 11 is 6.22. The second-order valence-corrected chi connectivity index (χ2v) is 5.49. The molecule has 1 aliphatic carbocycles. The normalized spacial score (nSPS) is 25.4. The first kappa shape index (κ1) is 13.7. The molecule has 4 heteroatoms. The molecule has 0 bridgehead atoms. The molecular weight excluding hydrogens is 274 g/mol. The number of methoxy groups -OCH3 is 1. The lowest BCUT2D eigenvalue weighted by molar-refractivity contribution is -0.0864. The van der Waals surface area contributed by atoms with Crippen LogP contribution in [0.2, 0.25) is 5.02 Å². The van der Waals surface area contributed by atoms with Gasteiger partial charge in [0.15, 0.2) is 0 Å². The highest BCUT2D eigenvalue weighted by molar-refractivity contribution is 6.35. The average molecular weight is 292 g/mol. The topological polar surface area (TPSA) is 30.5 Å². The van der Waals surface area contributed by atoms with Crippen molar-refractivity contribution in [3.63, 3.8) is 0 Å². The molecule has 0 radical (unpaired) electrons. The largest absolute Gasteiger partial charge is 0.487 e. The highest BCUT2D eigenvalue weighted by Crippen LogP contribution is 2.35. The molecule has 0 amide bonds. The van der Waals surface area contributed by atoms with Gasteiger partial charge in [0.1, 0.15) is 18.0 Å². The number of hydrogen-bond acceptors (Lipinski definition) is 3. The van der Waals surface area contributed by atoms with Crippen molar-refractivity contribution in [2.45, 2.75) is 24.7 Å². The molecule has 0 heterocycles. The number of fused-ring (bicyclic) bond motifs is 1. The minimum absolute atomic E-state index is 0.0852. The average Bonchev–Trinajstić information content (AvgIpc) is 2.46. The SMILES string of the molecule is CNC1CC(Oc2ccc(Cl)c3ccccc23)C1OC. The Hall–Kier alpha value is -1.29. The molecule has 0 spiro atoms. The molecule has 1 fully saturated rings. The second-order valence-electron chi connectivity index (χ2n) is 5.08. The van der Waals surface area contributed by atoms with Gasteiger partial charge in [0.25, 0.3) is 0 Å². The number of rotatable bonds is 4. The molecule has 20 heavy (non-hydrogen) atoms. The molecule has 2 aromatic rings. The second kappa shape index (κ2) is 5.60. The van der Waals surface area contributed by atoms with Crippen LogP contribution in [0.25, 0.3) is 10.8 Å². The summed E-state index contributed by atoms with van der Waals surface area (Å²) in [7, 11) is 3.68. The van der Waals surface area contributed by atoms with Crippen molar-refractivity contribution in [2.24, 2.45) is 0 Å². The Bertz CT molecular complexity index is 616. The van der Waals surface area contributed by atoms with Gasteiger partial charge in [-0.3, -0.25) is 0 Å². The monoisotopic (exact) mass is 291 g/mol. The Labute approximate surface area is 123 Å². The number of ether oxygens (including phenoxy) is 2. The van der Waals surface area contributed by atoms with Crippen LogP contribution in [-0.4, -0.2) is 32.4 Å². The summed E-state index contributed by atoms with van der Waals surface area (Å²) in [5, 5.41) is 6.05. The predicted octanol–water partition coefficient (Wildman–Crippen LogP) is 3.25.